The Morgan fingerprint density at radius 2 is 2.00 bits per heavy atom. The van der Waals surface area contributed by atoms with Gasteiger partial charge in [-0.1, -0.05) is 35.9 Å². The lowest BCUT2D eigenvalue weighted by atomic mass is 10.0. The van der Waals surface area contributed by atoms with Crippen LogP contribution in [0.1, 0.15) is 24.3 Å². The van der Waals surface area contributed by atoms with Crippen molar-refractivity contribution in [3.05, 3.63) is 44.7 Å². The summed E-state index contributed by atoms with van der Waals surface area (Å²) in [5.74, 6) is 1.42. The van der Waals surface area contributed by atoms with Crippen LogP contribution in [0, 0.1) is 3.57 Å². The van der Waals surface area contributed by atoms with Crippen molar-refractivity contribution in [2.24, 2.45) is 0 Å². The average molecular weight is 357 g/mol. The van der Waals surface area contributed by atoms with Crippen molar-refractivity contribution in [2.45, 2.75) is 18.8 Å². The lowest BCUT2D eigenvalue weighted by Gasteiger charge is -2.07. The van der Waals surface area contributed by atoms with Crippen LogP contribution >= 0.6 is 34.2 Å². The topological polar surface area (TPSA) is 25.8 Å². The summed E-state index contributed by atoms with van der Waals surface area (Å²) in [5.41, 5.74) is 2.47. The van der Waals surface area contributed by atoms with Crippen LogP contribution in [0.2, 0.25) is 5.15 Å². The number of hydrogen-bond donors (Lipinski definition) is 0. The molecule has 86 valence electrons. The van der Waals surface area contributed by atoms with Gasteiger partial charge in [0.05, 0.1) is 3.57 Å². The third-order valence-corrected chi connectivity index (χ3v) is 4.32. The van der Waals surface area contributed by atoms with E-state index < -0.39 is 0 Å². The van der Waals surface area contributed by atoms with E-state index in [0.29, 0.717) is 11.1 Å². The van der Waals surface area contributed by atoms with Gasteiger partial charge in [-0.25, -0.2) is 9.97 Å². The molecule has 1 aliphatic carbocycles. The van der Waals surface area contributed by atoms with Crippen LogP contribution < -0.4 is 0 Å². The molecule has 1 fully saturated rings. The quantitative estimate of drug-likeness (QED) is 0.593. The molecular weight excluding hydrogens is 347 g/mol. The predicted octanol–water partition coefficient (Wildman–Crippen LogP) is 4.28. The lowest BCUT2D eigenvalue weighted by Crippen LogP contribution is -1.94. The van der Waals surface area contributed by atoms with Crippen LogP contribution in [0.25, 0.3) is 11.4 Å². The van der Waals surface area contributed by atoms with Gasteiger partial charge < -0.3 is 0 Å². The van der Waals surface area contributed by atoms with Crippen molar-refractivity contribution in [3.8, 4) is 11.4 Å². The van der Waals surface area contributed by atoms with Gasteiger partial charge in [-0.2, -0.15) is 0 Å². The smallest absolute Gasteiger partial charge is 0.161 e. The Hall–Kier alpha value is -0.680. The van der Waals surface area contributed by atoms with E-state index in [1.54, 1.807) is 6.20 Å². The zero-order chi connectivity index (χ0) is 11.8. The zero-order valence-electron chi connectivity index (χ0n) is 9.03. The summed E-state index contributed by atoms with van der Waals surface area (Å²) in [6.07, 6.45) is 4.32. The van der Waals surface area contributed by atoms with E-state index in [9.17, 15) is 0 Å². The molecule has 1 aromatic heterocycles. The Labute approximate surface area is 119 Å². The number of aromatic nitrogens is 2. The molecule has 0 unspecified atom stereocenters. The first kappa shape index (κ1) is 11.4. The first-order valence-electron chi connectivity index (χ1n) is 5.53. The summed E-state index contributed by atoms with van der Waals surface area (Å²) in [6.45, 7) is 0. The van der Waals surface area contributed by atoms with Gasteiger partial charge in [-0.3, -0.25) is 0 Å². The molecule has 4 heteroatoms. The highest BCUT2D eigenvalue weighted by Crippen LogP contribution is 2.43. The number of hydrogen-bond acceptors (Lipinski definition) is 2. The fraction of sp³-hybridized carbons (Fsp3) is 0.231. The molecule has 0 atom stereocenters. The molecular formula is C13H10ClIN2. The summed E-state index contributed by atoms with van der Waals surface area (Å²) in [6, 6.07) is 8.34. The molecule has 0 N–H and O–H groups in total. The third-order valence-electron chi connectivity index (χ3n) is 2.92. The summed E-state index contributed by atoms with van der Waals surface area (Å²) in [4.78, 5) is 8.74. The van der Waals surface area contributed by atoms with Crippen molar-refractivity contribution >= 4 is 34.2 Å². The number of halogens is 2. The molecule has 0 aliphatic heterocycles. The molecule has 1 aliphatic rings. The van der Waals surface area contributed by atoms with Crippen molar-refractivity contribution in [3.63, 3.8) is 0 Å². The lowest BCUT2D eigenvalue weighted by molar-refractivity contribution is 1.10. The molecule has 0 saturated heterocycles. The second kappa shape index (κ2) is 4.53. The van der Waals surface area contributed by atoms with Gasteiger partial charge >= 0.3 is 0 Å². The van der Waals surface area contributed by atoms with Crippen LogP contribution in [-0.2, 0) is 0 Å². The molecule has 0 bridgehead atoms. The normalized spacial score (nSPS) is 14.9. The molecule has 17 heavy (non-hydrogen) atoms. The highest BCUT2D eigenvalue weighted by Gasteiger charge is 2.26. The fourth-order valence-corrected chi connectivity index (χ4v) is 2.32. The Morgan fingerprint density at radius 1 is 1.24 bits per heavy atom. The molecule has 0 amide bonds. The summed E-state index contributed by atoms with van der Waals surface area (Å²) < 4.78 is 0.886. The molecule has 2 aromatic rings. The molecule has 3 rings (SSSR count). The summed E-state index contributed by atoms with van der Waals surface area (Å²) >= 11 is 8.19. The minimum absolute atomic E-state index is 0.529. The minimum atomic E-state index is 0.529. The summed E-state index contributed by atoms with van der Waals surface area (Å²) in [7, 11) is 0. The fourth-order valence-electron chi connectivity index (χ4n) is 1.93. The van der Waals surface area contributed by atoms with E-state index >= 15 is 0 Å². The predicted molar refractivity (Wildman–Crippen MR) is 77.2 cm³/mol. The van der Waals surface area contributed by atoms with Crippen molar-refractivity contribution in [1.82, 2.24) is 9.97 Å². The van der Waals surface area contributed by atoms with Gasteiger partial charge in [0.1, 0.15) is 5.15 Å². The summed E-state index contributed by atoms with van der Waals surface area (Å²) in [5, 5.41) is 0.529. The second-order valence-electron chi connectivity index (χ2n) is 4.19. The first-order valence-corrected chi connectivity index (χ1v) is 6.98. The van der Waals surface area contributed by atoms with Crippen LogP contribution in [0.4, 0.5) is 0 Å². The second-order valence-corrected chi connectivity index (χ2v) is 5.71. The van der Waals surface area contributed by atoms with Crippen LogP contribution in [0.15, 0.2) is 30.5 Å². The molecule has 2 nitrogen and oxygen atoms in total. The first-order chi connectivity index (χ1) is 8.25. The van der Waals surface area contributed by atoms with Crippen LogP contribution in [0.3, 0.4) is 0 Å². The Kier molecular flexibility index (Phi) is 3.04. The molecule has 1 heterocycles. The standard InChI is InChI=1S/C13H10ClIN2/c14-12-11(15)7-16-13(17-12)10-4-2-1-3-9(10)8-5-6-8/h1-4,7-8H,5-6H2. The van der Waals surface area contributed by atoms with Crippen molar-refractivity contribution in [1.29, 1.82) is 0 Å². The van der Waals surface area contributed by atoms with Gasteiger partial charge in [0, 0.05) is 11.8 Å². The highest BCUT2D eigenvalue weighted by molar-refractivity contribution is 14.1. The zero-order valence-corrected chi connectivity index (χ0v) is 11.9. The van der Waals surface area contributed by atoms with Gasteiger partial charge in [0.2, 0.25) is 0 Å². The van der Waals surface area contributed by atoms with Gasteiger partial charge in [-0.05, 0) is 46.9 Å². The van der Waals surface area contributed by atoms with Gasteiger partial charge in [0.15, 0.2) is 5.82 Å². The Morgan fingerprint density at radius 3 is 2.71 bits per heavy atom. The number of benzene rings is 1. The number of rotatable bonds is 2. The van der Waals surface area contributed by atoms with E-state index in [0.717, 1.165) is 15.0 Å². The monoisotopic (exact) mass is 356 g/mol. The van der Waals surface area contributed by atoms with Crippen LogP contribution in [-0.4, -0.2) is 9.97 Å². The minimum Gasteiger partial charge on any atom is -0.235 e. The van der Waals surface area contributed by atoms with E-state index in [2.05, 4.69) is 50.8 Å². The highest BCUT2D eigenvalue weighted by atomic mass is 127. The largest absolute Gasteiger partial charge is 0.235 e. The molecule has 1 aromatic carbocycles. The average Bonchev–Trinajstić information content (AvgIpc) is 3.17. The Balaban J connectivity index is 2.11. The van der Waals surface area contributed by atoms with Crippen molar-refractivity contribution < 1.29 is 0 Å². The van der Waals surface area contributed by atoms with E-state index in [-0.39, 0.29) is 0 Å². The van der Waals surface area contributed by atoms with Gasteiger partial charge in [-0.15, -0.1) is 0 Å². The third kappa shape index (κ3) is 2.31. The van der Waals surface area contributed by atoms with E-state index in [1.807, 2.05) is 6.07 Å². The molecule has 1 saturated carbocycles. The van der Waals surface area contributed by atoms with E-state index in [1.165, 1.54) is 18.4 Å². The Bertz CT molecular complexity index is 567. The molecule has 0 radical (unpaired) electrons. The van der Waals surface area contributed by atoms with Crippen LogP contribution in [0.5, 0.6) is 0 Å². The van der Waals surface area contributed by atoms with Crippen molar-refractivity contribution in [2.75, 3.05) is 0 Å². The molecule has 0 spiro atoms. The maximum absolute atomic E-state index is 6.05. The van der Waals surface area contributed by atoms with Gasteiger partial charge in [0.25, 0.3) is 0 Å². The maximum atomic E-state index is 6.05. The maximum Gasteiger partial charge on any atom is 0.161 e. The van der Waals surface area contributed by atoms with E-state index in [4.69, 9.17) is 11.6 Å². The SMILES string of the molecule is Clc1nc(-c2ccccc2C2CC2)ncc1I. The number of nitrogens with zero attached hydrogens (tertiary/aromatic N) is 2.